The fourth-order valence-electron chi connectivity index (χ4n) is 2.37. The summed E-state index contributed by atoms with van der Waals surface area (Å²) in [7, 11) is 1.54. The maximum Gasteiger partial charge on any atom is 0.241 e. The second-order valence-electron chi connectivity index (χ2n) is 5.78. The molecular formula is C21H24Cl2FNO2. The molecule has 1 aromatic carbocycles. The summed E-state index contributed by atoms with van der Waals surface area (Å²) < 4.78 is 19.7. The molecule has 0 aromatic heterocycles. The maximum atomic E-state index is 14.5. The highest BCUT2D eigenvalue weighted by atomic mass is 35.5. The SMILES string of the molecule is CCC(/C=C/C(F)=C(\C=C\c1c(Cl)cc(OC)c(C)c1Cl)CC)=C\C(N)=O. The summed E-state index contributed by atoms with van der Waals surface area (Å²) in [5, 5.41) is 0.877. The average molecular weight is 412 g/mol. The van der Waals surface area contributed by atoms with Gasteiger partial charge in [-0.05, 0) is 43.1 Å². The Morgan fingerprint density at radius 3 is 2.41 bits per heavy atom. The Morgan fingerprint density at radius 1 is 1.22 bits per heavy atom. The van der Waals surface area contributed by atoms with Gasteiger partial charge in [0.1, 0.15) is 11.6 Å². The molecule has 0 spiro atoms. The van der Waals surface area contributed by atoms with Crippen molar-refractivity contribution >= 4 is 35.2 Å². The van der Waals surface area contributed by atoms with Crippen LogP contribution in [0.1, 0.15) is 37.8 Å². The first-order valence-electron chi connectivity index (χ1n) is 8.52. The van der Waals surface area contributed by atoms with Crippen LogP contribution in [0.5, 0.6) is 5.75 Å². The van der Waals surface area contributed by atoms with Gasteiger partial charge in [-0.2, -0.15) is 0 Å². The average Bonchev–Trinajstić information content (AvgIpc) is 2.63. The van der Waals surface area contributed by atoms with Crippen molar-refractivity contribution in [2.24, 2.45) is 5.73 Å². The van der Waals surface area contributed by atoms with Gasteiger partial charge in [0.05, 0.1) is 17.2 Å². The van der Waals surface area contributed by atoms with Gasteiger partial charge in [0, 0.05) is 17.2 Å². The molecule has 0 aliphatic carbocycles. The lowest BCUT2D eigenvalue weighted by molar-refractivity contribution is -0.113. The Balaban J connectivity index is 3.22. The second kappa shape index (κ2) is 11.0. The van der Waals surface area contributed by atoms with Gasteiger partial charge in [-0.1, -0.05) is 55.3 Å². The number of nitrogens with two attached hydrogens (primary N) is 1. The van der Waals surface area contributed by atoms with E-state index in [9.17, 15) is 9.18 Å². The molecule has 27 heavy (non-hydrogen) atoms. The molecule has 3 nitrogen and oxygen atoms in total. The van der Waals surface area contributed by atoms with Crippen LogP contribution in [0.3, 0.4) is 0 Å². The van der Waals surface area contributed by atoms with Crippen molar-refractivity contribution < 1.29 is 13.9 Å². The van der Waals surface area contributed by atoms with E-state index in [-0.39, 0.29) is 0 Å². The lowest BCUT2D eigenvalue weighted by Crippen LogP contribution is -2.06. The molecule has 0 aliphatic rings. The third kappa shape index (κ3) is 6.56. The van der Waals surface area contributed by atoms with Crippen LogP contribution in [0.15, 0.2) is 47.3 Å². The van der Waals surface area contributed by atoms with E-state index >= 15 is 0 Å². The van der Waals surface area contributed by atoms with Crippen molar-refractivity contribution in [3.63, 3.8) is 0 Å². The van der Waals surface area contributed by atoms with Crippen LogP contribution in [0.25, 0.3) is 6.08 Å². The zero-order valence-electron chi connectivity index (χ0n) is 15.9. The predicted octanol–water partition coefficient (Wildman–Crippen LogP) is 6.34. The molecule has 1 rings (SSSR count). The number of ether oxygens (including phenoxy) is 1. The summed E-state index contributed by atoms with van der Waals surface area (Å²) in [6, 6.07) is 1.68. The first-order chi connectivity index (χ1) is 12.7. The lowest BCUT2D eigenvalue weighted by Gasteiger charge is -2.11. The molecule has 0 fully saturated rings. The van der Waals surface area contributed by atoms with Gasteiger partial charge in [0.25, 0.3) is 0 Å². The number of benzene rings is 1. The third-order valence-electron chi connectivity index (χ3n) is 3.99. The Labute approximate surface area is 170 Å². The van der Waals surface area contributed by atoms with Crippen molar-refractivity contribution in [1.82, 2.24) is 0 Å². The highest BCUT2D eigenvalue weighted by Crippen LogP contribution is 2.36. The van der Waals surface area contributed by atoms with E-state index in [4.69, 9.17) is 33.7 Å². The Kier molecular flexibility index (Phi) is 9.33. The molecule has 1 amide bonds. The largest absolute Gasteiger partial charge is 0.496 e. The summed E-state index contributed by atoms with van der Waals surface area (Å²) >= 11 is 12.6. The number of allylic oxidation sites excluding steroid dienone is 6. The van der Waals surface area contributed by atoms with Crippen molar-refractivity contribution in [2.45, 2.75) is 33.6 Å². The summed E-state index contributed by atoms with van der Waals surface area (Å²) in [6.07, 6.45) is 8.51. The van der Waals surface area contributed by atoms with Crippen LogP contribution >= 0.6 is 23.2 Å². The topological polar surface area (TPSA) is 52.3 Å². The van der Waals surface area contributed by atoms with E-state index in [1.54, 1.807) is 31.4 Å². The highest BCUT2D eigenvalue weighted by Gasteiger charge is 2.12. The zero-order chi connectivity index (χ0) is 20.6. The Morgan fingerprint density at radius 2 is 1.89 bits per heavy atom. The van der Waals surface area contributed by atoms with Crippen molar-refractivity contribution in [3.8, 4) is 5.75 Å². The lowest BCUT2D eigenvalue weighted by atomic mass is 10.1. The van der Waals surface area contributed by atoms with Crippen molar-refractivity contribution in [3.05, 3.63) is 68.5 Å². The van der Waals surface area contributed by atoms with E-state index in [1.807, 2.05) is 20.8 Å². The quantitative estimate of drug-likeness (QED) is 0.400. The fraction of sp³-hybridized carbons (Fsp3) is 0.286. The first kappa shape index (κ1) is 23.0. The second-order valence-corrected chi connectivity index (χ2v) is 6.57. The molecule has 2 N–H and O–H groups in total. The number of carbonyl (C=O) groups excluding carboxylic acids is 1. The molecule has 0 heterocycles. The third-order valence-corrected chi connectivity index (χ3v) is 4.79. The van der Waals surface area contributed by atoms with Gasteiger partial charge in [0.2, 0.25) is 5.91 Å². The van der Waals surface area contributed by atoms with E-state index in [0.29, 0.717) is 45.3 Å². The molecule has 0 atom stereocenters. The van der Waals surface area contributed by atoms with Crippen LogP contribution in [0.2, 0.25) is 10.0 Å². The number of hydrogen-bond acceptors (Lipinski definition) is 2. The predicted molar refractivity (Wildman–Crippen MR) is 112 cm³/mol. The van der Waals surface area contributed by atoms with Gasteiger partial charge in [-0.15, -0.1) is 0 Å². The first-order valence-corrected chi connectivity index (χ1v) is 9.28. The molecule has 0 saturated heterocycles. The summed E-state index contributed by atoms with van der Waals surface area (Å²) in [5.41, 5.74) is 7.61. The Hall–Kier alpha value is -2.04. The van der Waals surface area contributed by atoms with Gasteiger partial charge >= 0.3 is 0 Å². The van der Waals surface area contributed by atoms with Crippen LogP contribution in [-0.4, -0.2) is 13.0 Å². The standard InChI is InChI=1S/C21H24Cl2FNO2/c1-5-14(11-20(25)26)7-10-18(24)15(6-2)8-9-16-17(22)12-19(27-4)13(3)21(16)23/h7-12H,5-6H2,1-4H3,(H2,25,26)/b9-8+,10-7+,14-11+,18-15+. The highest BCUT2D eigenvalue weighted by molar-refractivity contribution is 6.38. The van der Waals surface area contributed by atoms with Gasteiger partial charge in [-0.25, -0.2) is 4.39 Å². The summed E-state index contributed by atoms with van der Waals surface area (Å²) in [6.45, 7) is 5.53. The maximum absolute atomic E-state index is 14.5. The van der Waals surface area contributed by atoms with Crippen LogP contribution in [0, 0.1) is 6.92 Å². The normalized spacial score (nSPS) is 13.4. The van der Waals surface area contributed by atoms with E-state index in [0.717, 1.165) is 5.56 Å². The smallest absolute Gasteiger partial charge is 0.241 e. The number of carbonyl (C=O) groups is 1. The number of primary amides is 1. The molecule has 0 bridgehead atoms. The molecule has 0 radical (unpaired) electrons. The van der Waals surface area contributed by atoms with Crippen LogP contribution in [0.4, 0.5) is 4.39 Å². The van der Waals surface area contributed by atoms with E-state index < -0.39 is 11.7 Å². The molecule has 0 unspecified atom stereocenters. The summed E-state index contributed by atoms with van der Waals surface area (Å²) in [4.78, 5) is 11.0. The van der Waals surface area contributed by atoms with E-state index in [2.05, 4.69) is 0 Å². The van der Waals surface area contributed by atoms with Crippen LogP contribution < -0.4 is 10.5 Å². The number of halogens is 3. The molecule has 0 saturated carbocycles. The number of rotatable bonds is 8. The number of hydrogen-bond donors (Lipinski definition) is 1. The van der Waals surface area contributed by atoms with Crippen molar-refractivity contribution in [1.29, 1.82) is 0 Å². The molecule has 1 aromatic rings. The molecule has 146 valence electrons. The number of methoxy groups -OCH3 is 1. The fourth-order valence-corrected chi connectivity index (χ4v) is 2.93. The molecule has 6 heteroatoms. The molecular weight excluding hydrogens is 388 g/mol. The summed E-state index contributed by atoms with van der Waals surface area (Å²) in [5.74, 6) is -0.374. The van der Waals surface area contributed by atoms with Crippen LogP contribution in [-0.2, 0) is 4.79 Å². The zero-order valence-corrected chi connectivity index (χ0v) is 17.4. The van der Waals surface area contributed by atoms with Gasteiger partial charge in [0.15, 0.2) is 0 Å². The monoisotopic (exact) mass is 411 g/mol. The molecule has 0 aliphatic heterocycles. The minimum atomic E-state index is -0.560. The van der Waals surface area contributed by atoms with Gasteiger partial charge < -0.3 is 10.5 Å². The minimum Gasteiger partial charge on any atom is -0.496 e. The van der Waals surface area contributed by atoms with Crippen molar-refractivity contribution in [2.75, 3.05) is 7.11 Å². The van der Waals surface area contributed by atoms with E-state index in [1.165, 1.54) is 12.2 Å². The minimum absolute atomic E-state index is 0.407. The number of amides is 1. The Bertz CT molecular complexity index is 824. The van der Waals surface area contributed by atoms with Gasteiger partial charge in [-0.3, -0.25) is 4.79 Å².